The SMILES string of the molecule is BrCc1ccccc1SC1C[CH]CCCCC1. The zero-order valence-electron chi connectivity index (χ0n) is 10.2. The third-order valence-electron chi connectivity index (χ3n) is 3.27. The first kappa shape index (κ1) is 13.5. The molecule has 1 aromatic carbocycles. The lowest BCUT2D eigenvalue weighted by molar-refractivity contribution is 0.574. The van der Waals surface area contributed by atoms with Crippen molar-refractivity contribution in [2.24, 2.45) is 0 Å². The molecule has 2 heteroatoms. The van der Waals surface area contributed by atoms with E-state index in [9.17, 15) is 0 Å². The van der Waals surface area contributed by atoms with Gasteiger partial charge in [-0.15, -0.1) is 11.8 Å². The van der Waals surface area contributed by atoms with E-state index in [0.717, 1.165) is 10.6 Å². The summed E-state index contributed by atoms with van der Waals surface area (Å²) in [7, 11) is 0. The second-order valence-electron chi connectivity index (χ2n) is 4.64. The molecule has 1 saturated carbocycles. The van der Waals surface area contributed by atoms with Crippen molar-refractivity contribution in [1.82, 2.24) is 0 Å². The average molecular weight is 312 g/mol. The van der Waals surface area contributed by atoms with Gasteiger partial charge in [-0.1, -0.05) is 59.8 Å². The van der Waals surface area contributed by atoms with E-state index >= 15 is 0 Å². The molecule has 1 fully saturated rings. The van der Waals surface area contributed by atoms with Gasteiger partial charge in [-0.3, -0.25) is 0 Å². The van der Waals surface area contributed by atoms with E-state index in [-0.39, 0.29) is 0 Å². The number of hydrogen-bond acceptors (Lipinski definition) is 1. The van der Waals surface area contributed by atoms with Gasteiger partial charge >= 0.3 is 0 Å². The van der Waals surface area contributed by atoms with Crippen LogP contribution in [-0.2, 0) is 5.33 Å². The van der Waals surface area contributed by atoms with Gasteiger partial charge in [0.05, 0.1) is 0 Å². The number of hydrogen-bond donors (Lipinski definition) is 0. The molecule has 0 aliphatic heterocycles. The maximum absolute atomic E-state index is 3.58. The molecule has 0 saturated heterocycles. The lowest BCUT2D eigenvalue weighted by Crippen LogP contribution is -2.06. The molecule has 0 nitrogen and oxygen atoms in total. The third kappa shape index (κ3) is 4.33. The van der Waals surface area contributed by atoms with Gasteiger partial charge in [-0.25, -0.2) is 0 Å². The fourth-order valence-electron chi connectivity index (χ4n) is 2.27. The Kier molecular flexibility index (Phi) is 5.93. The summed E-state index contributed by atoms with van der Waals surface area (Å²) < 4.78 is 0. The van der Waals surface area contributed by atoms with Gasteiger partial charge in [-0.05, 0) is 30.9 Å². The van der Waals surface area contributed by atoms with E-state index in [1.165, 1.54) is 49.0 Å². The highest BCUT2D eigenvalue weighted by molar-refractivity contribution is 9.08. The normalized spacial score (nSPS) is 18.6. The molecule has 1 unspecified atom stereocenters. The molecule has 0 heterocycles. The Morgan fingerprint density at radius 3 is 2.94 bits per heavy atom. The molecule has 0 bridgehead atoms. The Hall–Kier alpha value is 0.0500. The highest BCUT2D eigenvalue weighted by atomic mass is 79.9. The summed E-state index contributed by atoms with van der Waals surface area (Å²) in [4.78, 5) is 1.46. The van der Waals surface area contributed by atoms with E-state index in [1.54, 1.807) is 0 Å². The summed E-state index contributed by atoms with van der Waals surface area (Å²) in [5.41, 5.74) is 1.43. The van der Waals surface area contributed by atoms with Crippen LogP contribution in [-0.4, -0.2) is 5.25 Å². The fourth-order valence-corrected chi connectivity index (χ4v) is 4.27. The van der Waals surface area contributed by atoms with Crippen molar-refractivity contribution in [2.45, 2.75) is 54.0 Å². The molecular weight excluding hydrogens is 292 g/mol. The standard InChI is InChI=1S/C15H20BrS/c16-12-13-8-6-7-11-15(13)17-14-9-4-2-1-3-5-10-14/h4,6-8,11,14H,1-3,5,9-10,12H2. The Bertz CT molecular complexity index is 329. The Morgan fingerprint density at radius 2 is 2.06 bits per heavy atom. The maximum atomic E-state index is 3.58. The van der Waals surface area contributed by atoms with Gasteiger partial charge in [0.1, 0.15) is 0 Å². The number of alkyl halides is 1. The van der Waals surface area contributed by atoms with Gasteiger partial charge in [0.2, 0.25) is 0 Å². The summed E-state index contributed by atoms with van der Waals surface area (Å²) in [6.07, 6.45) is 10.7. The van der Waals surface area contributed by atoms with Crippen molar-refractivity contribution in [1.29, 1.82) is 0 Å². The van der Waals surface area contributed by atoms with Crippen LogP contribution in [0.25, 0.3) is 0 Å². The van der Waals surface area contributed by atoms with Crippen LogP contribution < -0.4 is 0 Å². The van der Waals surface area contributed by atoms with Gasteiger partial charge in [0.15, 0.2) is 0 Å². The molecular formula is C15H20BrS. The lowest BCUT2D eigenvalue weighted by atomic mass is 10.0. The largest absolute Gasteiger partial charge is 0.122 e. The van der Waals surface area contributed by atoms with Crippen molar-refractivity contribution in [3.63, 3.8) is 0 Å². The highest BCUT2D eigenvalue weighted by Gasteiger charge is 2.14. The molecule has 1 atom stereocenters. The van der Waals surface area contributed by atoms with Crippen LogP contribution in [0.3, 0.4) is 0 Å². The topological polar surface area (TPSA) is 0 Å². The second-order valence-corrected chi connectivity index (χ2v) is 6.55. The number of rotatable bonds is 3. The van der Waals surface area contributed by atoms with E-state index in [2.05, 4.69) is 58.4 Å². The molecule has 0 spiro atoms. The van der Waals surface area contributed by atoms with Crippen LogP contribution in [0.1, 0.15) is 44.1 Å². The maximum Gasteiger partial charge on any atom is 0.0294 e. The monoisotopic (exact) mass is 311 g/mol. The summed E-state index contributed by atoms with van der Waals surface area (Å²) in [5, 5.41) is 1.75. The minimum Gasteiger partial charge on any atom is -0.122 e. The van der Waals surface area contributed by atoms with Gasteiger partial charge < -0.3 is 0 Å². The molecule has 1 aliphatic carbocycles. The zero-order chi connectivity index (χ0) is 11.9. The molecule has 1 radical (unpaired) electrons. The molecule has 1 aromatic rings. The van der Waals surface area contributed by atoms with Crippen molar-refractivity contribution in [2.75, 3.05) is 0 Å². The Morgan fingerprint density at radius 1 is 1.18 bits per heavy atom. The average Bonchev–Trinajstić information content (AvgIpc) is 2.33. The predicted molar refractivity (Wildman–Crippen MR) is 80.7 cm³/mol. The summed E-state index contributed by atoms with van der Waals surface area (Å²) in [6.45, 7) is 0. The zero-order valence-corrected chi connectivity index (χ0v) is 12.6. The van der Waals surface area contributed by atoms with Gasteiger partial charge in [0, 0.05) is 15.5 Å². The van der Waals surface area contributed by atoms with Crippen LogP contribution in [0, 0.1) is 6.42 Å². The third-order valence-corrected chi connectivity index (χ3v) is 5.29. The lowest BCUT2D eigenvalue weighted by Gasteiger charge is -2.20. The van der Waals surface area contributed by atoms with E-state index < -0.39 is 0 Å². The van der Waals surface area contributed by atoms with Crippen LogP contribution in [0.5, 0.6) is 0 Å². The number of halogens is 1. The van der Waals surface area contributed by atoms with Crippen molar-refractivity contribution in [3.8, 4) is 0 Å². The first-order valence-corrected chi connectivity index (χ1v) is 8.52. The van der Waals surface area contributed by atoms with Crippen LogP contribution in [0.4, 0.5) is 0 Å². The summed E-state index contributed by atoms with van der Waals surface area (Å²) >= 11 is 5.66. The van der Waals surface area contributed by atoms with E-state index in [0.29, 0.717) is 0 Å². The first-order chi connectivity index (χ1) is 8.40. The van der Waals surface area contributed by atoms with Crippen molar-refractivity contribution < 1.29 is 0 Å². The number of benzene rings is 1. The van der Waals surface area contributed by atoms with Crippen LogP contribution in [0.2, 0.25) is 0 Å². The molecule has 1 aliphatic rings. The second kappa shape index (κ2) is 7.48. The smallest absolute Gasteiger partial charge is 0.0294 e. The Labute approximate surface area is 118 Å². The Balaban J connectivity index is 1.97. The summed E-state index contributed by atoms with van der Waals surface area (Å²) in [6, 6.07) is 8.77. The first-order valence-electron chi connectivity index (χ1n) is 6.52. The molecule has 93 valence electrons. The van der Waals surface area contributed by atoms with Crippen molar-refractivity contribution >= 4 is 27.7 Å². The predicted octanol–water partition coefficient (Wildman–Crippen LogP) is 5.60. The van der Waals surface area contributed by atoms with Gasteiger partial charge in [-0.2, -0.15) is 0 Å². The minimum atomic E-state index is 0.787. The molecule has 0 aromatic heterocycles. The molecule has 0 N–H and O–H groups in total. The molecule has 2 rings (SSSR count). The molecule has 0 amide bonds. The van der Waals surface area contributed by atoms with Gasteiger partial charge in [0.25, 0.3) is 0 Å². The number of thioether (sulfide) groups is 1. The van der Waals surface area contributed by atoms with E-state index in [1.807, 2.05) is 0 Å². The molecule has 17 heavy (non-hydrogen) atoms. The fraction of sp³-hybridized carbons (Fsp3) is 0.533. The quantitative estimate of drug-likeness (QED) is 0.655. The van der Waals surface area contributed by atoms with Crippen LogP contribution in [0.15, 0.2) is 29.2 Å². The van der Waals surface area contributed by atoms with Crippen LogP contribution >= 0.6 is 27.7 Å². The minimum absolute atomic E-state index is 0.787. The summed E-state index contributed by atoms with van der Waals surface area (Å²) in [5.74, 6) is 0. The van der Waals surface area contributed by atoms with Crippen molar-refractivity contribution in [3.05, 3.63) is 36.2 Å². The van der Waals surface area contributed by atoms with E-state index in [4.69, 9.17) is 0 Å². The highest BCUT2D eigenvalue weighted by Crippen LogP contribution is 2.34.